The van der Waals surface area contributed by atoms with E-state index >= 15 is 0 Å². The number of halogens is 3. The molecule has 33 heavy (non-hydrogen) atoms. The highest BCUT2D eigenvalue weighted by atomic mass is 19.4. The summed E-state index contributed by atoms with van der Waals surface area (Å²) in [7, 11) is 0. The highest BCUT2D eigenvalue weighted by Gasteiger charge is 2.51. The summed E-state index contributed by atoms with van der Waals surface area (Å²) in [6, 6.07) is 6.40. The summed E-state index contributed by atoms with van der Waals surface area (Å²) in [5, 5.41) is 20.2. The van der Waals surface area contributed by atoms with E-state index in [0.717, 1.165) is 6.42 Å². The van der Waals surface area contributed by atoms with E-state index in [0.29, 0.717) is 31.9 Å². The van der Waals surface area contributed by atoms with Gasteiger partial charge in [0, 0.05) is 24.9 Å². The first-order chi connectivity index (χ1) is 15.8. The van der Waals surface area contributed by atoms with Crippen molar-refractivity contribution in [2.75, 3.05) is 31.6 Å². The number of alkyl halides is 3. The third kappa shape index (κ3) is 4.94. The lowest BCUT2D eigenvalue weighted by Gasteiger charge is -2.39. The smallest absolute Gasteiger partial charge is 0.380 e. The lowest BCUT2D eigenvalue weighted by atomic mass is 9.88. The number of nitriles is 1. The summed E-state index contributed by atoms with van der Waals surface area (Å²) in [5.41, 5.74) is 4.09. The lowest BCUT2D eigenvalue weighted by Crippen LogP contribution is -2.56. The van der Waals surface area contributed by atoms with Gasteiger partial charge in [0.1, 0.15) is 12.2 Å². The summed E-state index contributed by atoms with van der Waals surface area (Å²) in [6.45, 7) is 3.32. The molecule has 6 atom stereocenters. The van der Waals surface area contributed by atoms with Gasteiger partial charge in [0.05, 0.1) is 30.6 Å². The number of piperidine rings is 1. The van der Waals surface area contributed by atoms with E-state index in [9.17, 15) is 23.2 Å². The van der Waals surface area contributed by atoms with Gasteiger partial charge in [-0.1, -0.05) is 19.1 Å². The number of carbonyl (C=O) groups is 1. The largest absolute Gasteiger partial charge is 0.407 e. The number of hydrogen-bond donors (Lipinski definition) is 4. The number of anilines is 1. The number of carbonyl (C=O) groups excluding carboxylic acids is 1. The molecule has 0 aromatic heterocycles. The fourth-order valence-corrected chi connectivity index (χ4v) is 5.03. The maximum absolute atomic E-state index is 13.4. The Morgan fingerprint density at radius 1 is 1.27 bits per heavy atom. The minimum Gasteiger partial charge on any atom is -0.380 e. The van der Waals surface area contributed by atoms with Gasteiger partial charge in [0.15, 0.2) is 0 Å². The van der Waals surface area contributed by atoms with Gasteiger partial charge in [-0.2, -0.15) is 18.4 Å². The van der Waals surface area contributed by atoms with Crippen molar-refractivity contribution >= 4 is 11.6 Å². The van der Waals surface area contributed by atoms with Gasteiger partial charge in [-0.25, -0.2) is 10.4 Å². The predicted octanol–water partition coefficient (Wildman–Crippen LogP) is 1.89. The zero-order valence-corrected chi connectivity index (χ0v) is 18.4. The first-order valence-corrected chi connectivity index (χ1v) is 11.3. The lowest BCUT2D eigenvalue weighted by molar-refractivity contribution is -0.157. The highest BCUT2D eigenvalue weighted by Crippen LogP contribution is 2.35. The first kappa shape index (κ1) is 23.8. The fraction of sp³-hybridized carbons (Fsp3) is 0.636. The van der Waals surface area contributed by atoms with Crippen molar-refractivity contribution in [3.05, 3.63) is 29.8 Å². The molecule has 8 nitrogen and oxygen atoms in total. The Balaban J connectivity index is 1.52. The molecule has 4 rings (SSSR count). The zero-order chi connectivity index (χ0) is 23.6. The van der Waals surface area contributed by atoms with E-state index in [1.165, 1.54) is 12.1 Å². The second kappa shape index (κ2) is 9.85. The van der Waals surface area contributed by atoms with Crippen LogP contribution in [0.2, 0.25) is 0 Å². The predicted molar refractivity (Wildman–Crippen MR) is 115 cm³/mol. The van der Waals surface area contributed by atoms with E-state index < -0.39 is 24.3 Å². The summed E-state index contributed by atoms with van der Waals surface area (Å²) in [6.07, 6.45) is -3.50. The maximum atomic E-state index is 13.4. The van der Waals surface area contributed by atoms with Crippen LogP contribution in [0.4, 0.5) is 18.9 Å². The molecule has 0 bridgehead atoms. The number of hydrazine groups is 1. The first-order valence-electron chi connectivity index (χ1n) is 11.3. The molecular weight excluding hydrogens is 437 g/mol. The van der Waals surface area contributed by atoms with Crippen molar-refractivity contribution < 1.29 is 22.7 Å². The number of rotatable bonds is 6. The molecular formula is C22H29F3N6O2. The van der Waals surface area contributed by atoms with Crippen LogP contribution in [0.15, 0.2) is 24.3 Å². The van der Waals surface area contributed by atoms with Crippen LogP contribution >= 0.6 is 0 Å². The molecule has 11 heteroatoms. The van der Waals surface area contributed by atoms with Gasteiger partial charge < -0.3 is 20.7 Å². The quantitative estimate of drug-likeness (QED) is 0.508. The van der Waals surface area contributed by atoms with Crippen LogP contribution in [0.25, 0.3) is 0 Å². The second-order valence-corrected chi connectivity index (χ2v) is 8.65. The van der Waals surface area contributed by atoms with Gasteiger partial charge in [-0.3, -0.25) is 4.79 Å². The van der Waals surface area contributed by atoms with Crippen LogP contribution in [0.3, 0.4) is 0 Å². The Morgan fingerprint density at radius 3 is 2.70 bits per heavy atom. The Kier molecular flexibility index (Phi) is 7.09. The van der Waals surface area contributed by atoms with Crippen LogP contribution in [-0.2, 0) is 9.53 Å². The summed E-state index contributed by atoms with van der Waals surface area (Å²) < 4.78 is 45.7. The van der Waals surface area contributed by atoms with Crippen molar-refractivity contribution in [1.82, 2.24) is 21.1 Å². The molecule has 0 spiro atoms. The van der Waals surface area contributed by atoms with Crippen molar-refractivity contribution in [1.29, 1.82) is 5.26 Å². The van der Waals surface area contributed by atoms with Gasteiger partial charge in [-0.05, 0) is 37.1 Å². The summed E-state index contributed by atoms with van der Waals surface area (Å²) in [5.74, 6) is -0.713. The molecule has 3 saturated heterocycles. The van der Waals surface area contributed by atoms with Gasteiger partial charge >= 0.3 is 6.18 Å². The molecule has 3 fully saturated rings. The molecule has 180 valence electrons. The molecule has 1 amide bonds. The number of fused-ring (bicyclic) bond motifs is 1. The van der Waals surface area contributed by atoms with E-state index in [-0.39, 0.29) is 36.0 Å². The van der Waals surface area contributed by atoms with Gasteiger partial charge in [-0.15, -0.1) is 0 Å². The molecule has 3 aliphatic rings. The zero-order valence-electron chi connectivity index (χ0n) is 18.4. The SMILES string of the molecule is CCNC(c1ccc(NC2NN([C@H]3COCC[C@@H]3C#N)C3CCNC(=O)C23)cc1)C(F)(F)F. The third-order valence-corrected chi connectivity index (χ3v) is 6.61. The molecule has 3 aliphatic heterocycles. The van der Waals surface area contributed by atoms with Gasteiger partial charge in [0.25, 0.3) is 0 Å². The van der Waals surface area contributed by atoms with E-state index in [4.69, 9.17) is 4.74 Å². The number of ether oxygens (including phenoxy) is 1. The Morgan fingerprint density at radius 2 is 2.03 bits per heavy atom. The van der Waals surface area contributed by atoms with E-state index in [1.54, 1.807) is 19.1 Å². The fourth-order valence-electron chi connectivity index (χ4n) is 5.03. The van der Waals surface area contributed by atoms with Crippen LogP contribution in [0.1, 0.15) is 31.4 Å². The third-order valence-electron chi connectivity index (χ3n) is 6.61. The number of nitrogens with one attached hydrogen (secondary N) is 4. The molecule has 4 N–H and O–H groups in total. The highest BCUT2D eigenvalue weighted by molar-refractivity contribution is 5.82. The summed E-state index contributed by atoms with van der Waals surface area (Å²) >= 11 is 0. The molecule has 0 radical (unpaired) electrons. The van der Waals surface area contributed by atoms with Crippen LogP contribution in [-0.4, -0.2) is 61.6 Å². The van der Waals surface area contributed by atoms with Crippen molar-refractivity contribution in [2.45, 2.75) is 50.2 Å². The molecule has 0 aliphatic carbocycles. The normalized spacial score (nSPS) is 31.4. The summed E-state index contributed by atoms with van der Waals surface area (Å²) in [4.78, 5) is 12.7. The van der Waals surface area contributed by atoms with E-state index in [2.05, 4.69) is 27.4 Å². The molecule has 0 saturated carbocycles. The average molecular weight is 467 g/mol. The average Bonchev–Trinajstić information content (AvgIpc) is 3.16. The van der Waals surface area contributed by atoms with Crippen molar-refractivity contribution in [3.63, 3.8) is 0 Å². The van der Waals surface area contributed by atoms with Crippen molar-refractivity contribution in [3.8, 4) is 6.07 Å². The van der Waals surface area contributed by atoms with Crippen LogP contribution in [0.5, 0.6) is 0 Å². The second-order valence-electron chi connectivity index (χ2n) is 8.65. The number of benzene rings is 1. The maximum Gasteiger partial charge on any atom is 0.407 e. The number of hydrogen-bond acceptors (Lipinski definition) is 7. The monoisotopic (exact) mass is 466 g/mol. The number of nitrogens with zero attached hydrogens (tertiary/aromatic N) is 2. The molecule has 4 unspecified atom stereocenters. The molecule has 3 heterocycles. The number of amides is 1. The Bertz CT molecular complexity index is 874. The Hall–Kier alpha value is -2.39. The van der Waals surface area contributed by atoms with Gasteiger partial charge in [0.2, 0.25) is 5.91 Å². The minimum absolute atomic E-state index is 0.0927. The van der Waals surface area contributed by atoms with Crippen LogP contribution in [0, 0.1) is 23.2 Å². The molecule has 1 aromatic carbocycles. The minimum atomic E-state index is -4.40. The topological polar surface area (TPSA) is 101 Å². The Labute approximate surface area is 190 Å². The van der Waals surface area contributed by atoms with E-state index in [1.807, 2.05) is 5.01 Å². The molecule has 1 aromatic rings. The van der Waals surface area contributed by atoms with Crippen molar-refractivity contribution in [2.24, 2.45) is 11.8 Å². The van der Waals surface area contributed by atoms with Crippen LogP contribution < -0.4 is 21.4 Å². The standard InChI is InChI=1S/C22H29F3N6O2/c1-2-27-19(22(23,24)25)13-3-5-15(6-4-13)29-20-18-16(7-9-28-21(18)32)31(30-20)17-12-33-10-8-14(17)11-26/h3-6,14,16-20,27,29-30H,2,7-10,12H2,1H3,(H,28,32)/t14-,16?,17+,18?,19?,20?/m1/s1.